The van der Waals surface area contributed by atoms with Gasteiger partial charge in [0.1, 0.15) is 11.8 Å². The number of nitrogens with one attached hydrogen (secondary N) is 2. The Morgan fingerprint density at radius 1 is 1.18 bits per heavy atom. The van der Waals surface area contributed by atoms with Crippen molar-refractivity contribution in [2.45, 2.75) is 45.2 Å². The summed E-state index contributed by atoms with van der Waals surface area (Å²) in [6.45, 7) is 6.32. The molecule has 1 saturated heterocycles. The lowest BCUT2D eigenvalue weighted by Gasteiger charge is -2.29. The zero-order valence-electron chi connectivity index (χ0n) is 16.4. The molecule has 1 atom stereocenters. The Morgan fingerprint density at radius 2 is 1.96 bits per heavy atom. The van der Waals surface area contributed by atoms with Gasteiger partial charge in [0.15, 0.2) is 5.75 Å². The highest BCUT2D eigenvalue weighted by Crippen LogP contribution is 2.30. The number of likely N-dealkylation sites (tertiary alicyclic amines) is 1. The molecule has 2 aromatic rings. The van der Waals surface area contributed by atoms with Crippen molar-refractivity contribution in [1.82, 2.24) is 15.2 Å². The summed E-state index contributed by atoms with van der Waals surface area (Å²) < 4.78 is 5.84. The number of carbonyl (C=O) groups excluding carboxylic acids is 2. The second kappa shape index (κ2) is 8.29. The molecule has 1 aromatic heterocycles. The summed E-state index contributed by atoms with van der Waals surface area (Å²) in [4.78, 5) is 31.1. The molecule has 1 fully saturated rings. The van der Waals surface area contributed by atoms with Crippen molar-refractivity contribution in [2.75, 3.05) is 11.9 Å². The summed E-state index contributed by atoms with van der Waals surface area (Å²) in [6.07, 6.45) is 4.70. The molecule has 2 heterocycles. The molecule has 3 rings (SSSR count). The summed E-state index contributed by atoms with van der Waals surface area (Å²) >= 11 is 0. The first-order valence-corrected chi connectivity index (χ1v) is 9.40. The van der Waals surface area contributed by atoms with E-state index in [1.54, 1.807) is 41.6 Å². The Hall–Kier alpha value is -3.09. The van der Waals surface area contributed by atoms with Gasteiger partial charge in [0.05, 0.1) is 11.9 Å². The summed E-state index contributed by atoms with van der Waals surface area (Å²) in [5.41, 5.74) is 0.199. The van der Waals surface area contributed by atoms with Crippen LogP contribution in [0.5, 0.6) is 11.5 Å². The number of hydrogen-bond donors (Lipinski definition) is 2. The number of rotatable bonds is 4. The number of para-hydroxylation sites is 2. The molecule has 7 heteroatoms. The Balaban J connectivity index is 1.71. The van der Waals surface area contributed by atoms with E-state index in [0.29, 0.717) is 30.2 Å². The number of aromatic nitrogens is 1. The molecular formula is C21H26N4O3. The molecule has 148 valence electrons. The van der Waals surface area contributed by atoms with Gasteiger partial charge >= 0.3 is 6.03 Å². The lowest BCUT2D eigenvalue weighted by molar-refractivity contribution is -0.119. The minimum atomic E-state index is -0.506. The van der Waals surface area contributed by atoms with Crippen LogP contribution in [0.4, 0.5) is 10.5 Å². The standard InChI is InChI=1S/C21H26N4O3/c1-21(2,3)24-20(27)25-13-7-10-17(25)19(26)23-16-9-4-5-11-18(16)28-15-8-6-12-22-14-15/h4-6,8-9,11-12,14,17H,7,10,13H2,1-3H3,(H,23,26)(H,24,27)/t17-/m0/s1. The molecule has 28 heavy (non-hydrogen) atoms. The second-order valence-corrected chi connectivity index (χ2v) is 7.81. The highest BCUT2D eigenvalue weighted by molar-refractivity contribution is 5.98. The normalized spacial score (nSPS) is 16.5. The van der Waals surface area contributed by atoms with Gasteiger partial charge in [0, 0.05) is 18.3 Å². The molecule has 2 N–H and O–H groups in total. The Bertz CT molecular complexity index is 833. The van der Waals surface area contributed by atoms with Gasteiger partial charge in [-0.3, -0.25) is 9.78 Å². The van der Waals surface area contributed by atoms with Crippen molar-refractivity contribution in [2.24, 2.45) is 0 Å². The number of nitrogens with zero attached hydrogens (tertiary/aromatic N) is 2. The van der Waals surface area contributed by atoms with Crippen LogP contribution in [0.1, 0.15) is 33.6 Å². The van der Waals surface area contributed by atoms with Gasteiger partial charge in [-0.05, 0) is 57.9 Å². The lowest BCUT2D eigenvalue weighted by Crippen LogP contribution is -2.52. The van der Waals surface area contributed by atoms with Crippen LogP contribution < -0.4 is 15.4 Å². The fourth-order valence-electron chi connectivity index (χ4n) is 3.08. The van der Waals surface area contributed by atoms with Crippen LogP contribution in [0.15, 0.2) is 48.8 Å². The quantitative estimate of drug-likeness (QED) is 0.843. The molecule has 0 bridgehead atoms. The first kappa shape index (κ1) is 19.7. The van der Waals surface area contributed by atoms with E-state index in [-0.39, 0.29) is 17.5 Å². The van der Waals surface area contributed by atoms with Crippen LogP contribution in [0.3, 0.4) is 0 Å². The molecule has 3 amide bonds. The molecule has 1 aliphatic rings. The fourth-order valence-corrected chi connectivity index (χ4v) is 3.08. The minimum absolute atomic E-state index is 0.218. The van der Waals surface area contributed by atoms with Gasteiger partial charge in [-0.15, -0.1) is 0 Å². The van der Waals surface area contributed by atoms with Crippen LogP contribution in [-0.2, 0) is 4.79 Å². The molecule has 0 aliphatic carbocycles. The molecule has 7 nitrogen and oxygen atoms in total. The summed E-state index contributed by atoms with van der Waals surface area (Å²) in [5, 5.41) is 5.84. The lowest BCUT2D eigenvalue weighted by atomic mass is 10.1. The van der Waals surface area contributed by atoms with Gasteiger partial charge in [0.25, 0.3) is 0 Å². The number of anilines is 1. The van der Waals surface area contributed by atoms with Gasteiger partial charge in [-0.1, -0.05) is 12.1 Å². The number of carbonyl (C=O) groups is 2. The number of benzene rings is 1. The van der Waals surface area contributed by atoms with Gasteiger partial charge in [0.2, 0.25) is 5.91 Å². The first-order chi connectivity index (χ1) is 13.3. The van der Waals surface area contributed by atoms with Crippen LogP contribution in [0.2, 0.25) is 0 Å². The van der Waals surface area contributed by atoms with Crippen molar-refractivity contribution in [3.63, 3.8) is 0 Å². The topological polar surface area (TPSA) is 83.6 Å². The molecule has 1 aromatic carbocycles. The van der Waals surface area contributed by atoms with Gasteiger partial charge < -0.3 is 20.3 Å². The zero-order valence-corrected chi connectivity index (χ0v) is 16.4. The van der Waals surface area contributed by atoms with E-state index in [0.717, 1.165) is 6.42 Å². The maximum atomic E-state index is 12.9. The molecule has 0 spiro atoms. The average molecular weight is 382 g/mol. The average Bonchev–Trinajstić information content (AvgIpc) is 3.13. The van der Waals surface area contributed by atoms with Crippen LogP contribution in [0.25, 0.3) is 0 Å². The third-order valence-electron chi connectivity index (χ3n) is 4.31. The molecule has 1 aliphatic heterocycles. The summed E-state index contributed by atoms with van der Waals surface area (Å²) in [6, 6.07) is 10.1. The van der Waals surface area contributed by atoms with Crippen molar-refractivity contribution >= 4 is 17.6 Å². The first-order valence-electron chi connectivity index (χ1n) is 9.40. The highest BCUT2D eigenvalue weighted by atomic mass is 16.5. The van der Waals surface area contributed by atoms with E-state index in [2.05, 4.69) is 15.6 Å². The summed E-state index contributed by atoms with van der Waals surface area (Å²) in [5.74, 6) is 0.882. The Morgan fingerprint density at radius 3 is 2.68 bits per heavy atom. The van der Waals surface area contributed by atoms with Crippen LogP contribution in [-0.4, -0.2) is 39.9 Å². The van der Waals surface area contributed by atoms with Gasteiger partial charge in [-0.25, -0.2) is 4.79 Å². The predicted octanol–water partition coefficient (Wildman–Crippen LogP) is 3.78. The zero-order chi connectivity index (χ0) is 20.1. The number of ether oxygens (including phenoxy) is 1. The number of amides is 3. The monoisotopic (exact) mass is 382 g/mol. The largest absolute Gasteiger partial charge is 0.454 e. The van der Waals surface area contributed by atoms with E-state index in [1.165, 1.54) is 0 Å². The Labute approximate surface area is 165 Å². The van der Waals surface area contributed by atoms with Crippen LogP contribution in [0, 0.1) is 0 Å². The van der Waals surface area contributed by atoms with Crippen molar-refractivity contribution in [3.8, 4) is 11.5 Å². The third kappa shape index (κ3) is 5.00. The number of hydrogen-bond acceptors (Lipinski definition) is 4. The van der Waals surface area contributed by atoms with E-state index in [1.807, 2.05) is 32.9 Å². The molecule has 0 radical (unpaired) electrons. The maximum Gasteiger partial charge on any atom is 0.318 e. The highest BCUT2D eigenvalue weighted by Gasteiger charge is 2.35. The predicted molar refractivity (Wildman–Crippen MR) is 107 cm³/mol. The second-order valence-electron chi connectivity index (χ2n) is 7.81. The SMILES string of the molecule is CC(C)(C)NC(=O)N1CCC[C@H]1C(=O)Nc1ccccc1Oc1cccnc1. The van der Waals surface area contributed by atoms with Crippen molar-refractivity contribution < 1.29 is 14.3 Å². The number of pyridine rings is 1. The third-order valence-corrected chi connectivity index (χ3v) is 4.31. The fraction of sp³-hybridized carbons (Fsp3) is 0.381. The van der Waals surface area contributed by atoms with Crippen LogP contribution >= 0.6 is 0 Å². The molecule has 0 saturated carbocycles. The van der Waals surface area contributed by atoms with Crippen molar-refractivity contribution in [3.05, 3.63) is 48.8 Å². The van der Waals surface area contributed by atoms with Crippen molar-refractivity contribution in [1.29, 1.82) is 0 Å². The smallest absolute Gasteiger partial charge is 0.318 e. The minimum Gasteiger partial charge on any atom is -0.454 e. The van der Waals surface area contributed by atoms with E-state index in [9.17, 15) is 9.59 Å². The van der Waals surface area contributed by atoms with Gasteiger partial charge in [-0.2, -0.15) is 0 Å². The molecular weight excluding hydrogens is 356 g/mol. The number of urea groups is 1. The van der Waals surface area contributed by atoms with E-state index >= 15 is 0 Å². The summed E-state index contributed by atoms with van der Waals surface area (Å²) in [7, 11) is 0. The molecule has 0 unspecified atom stereocenters. The Kier molecular flexibility index (Phi) is 5.82. The van der Waals surface area contributed by atoms with E-state index in [4.69, 9.17) is 4.74 Å². The van der Waals surface area contributed by atoms with E-state index < -0.39 is 6.04 Å². The maximum absolute atomic E-state index is 12.9.